The predicted octanol–water partition coefficient (Wildman–Crippen LogP) is 3.01. The number of hydrogen-bond donors (Lipinski definition) is 2. The normalized spacial score (nSPS) is 10.8. The number of anilines is 1. The van der Waals surface area contributed by atoms with E-state index in [1.165, 1.54) is 11.3 Å². The molecule has 0 fully saturated rings. The van der Waals surface area contributed by atoms with Crippen LogP contribution in [-0.4, -0.2) is 39.2 Å². The minimum absolute atomic E-state index is 0. The molecule has 0 atom stereocenters. The summed E-state index contributed by atoms with van der Waals surface area (Å²) < 4.78 is 0. The molecule has 0 amide bonds. The molecule has 1 rings (SSSR count). The summed E-state index contributed by atoms with van der Waals surface area (Å²) in [4.78, 5) is 6.58. The van der Waals surface area contributed by atoms with Gasteiger partial charge >= 0.3 is 0 Å². The molecule has 0 aliphatic rings. The van der Waals surface area contributed by atoms with Crippen molar-refractivity contribution in [3.63, 3.8) is 0 Å². The molecule has 0 bridgehead atoms. The largest absolute Gasteiger partial charge is 0.370 e. The number of rotatable bonds is 7. The van der Waals surface area contributed by atoms with Crippen molar-refractivity contribution in [2.45, 2.75) is 27.2 Å². The number of aliphatic imine (C=N–C) groups is 1. The molecule has 0 spiro atoms. The number of likely N-dealkylation sites (N-methyl/N-ethyl adjacent to an activating group) is 1. The molecule has 0 heterocycles. The van der Waals surface area contributed by atoms with E-state index in [1.807, 2.05) is 7.05 Å². The van der Waals surface area contributed by atoms with Gasteiger partial charge in [0.15, 0.2) is 5.96 Å². The van der Waals surface area contributed by atoms with Crippen LogP contribution in [0.2, 0.25) is 0 Å². The molecule has 5 heteroatoms. The van der Waals surface area contributed by atoms with Gasteiger partial charge in [-0.3, -0.25) is 4.99 Å². The lowest BCUT2D eigenvalue weighted by Crippen LogP contribution is -2.41. The molecule has 2 N–H and O–H groups in total. The molecule has 0 aromatic heterocycles. The van der Waals surface area contributed by atoms with Crippen molar-refractivity contribution in [1.29, 1.82) is 0 Å². The summed E-state index contributed by atoms with van der Waals surface area (Å²) in [6, 6.07) is 8.64. The Morgan fingerprint density at radius 1 is 1.19 bits per heavy atom. The highest BCUT2D eigenvalue weighted by molar-refractivity contribution is 14.0. The Labute approximate surface area is 146 Å². The van der Waals surface area contributed by atoms with Gasteiger partial charge < -0.3 is 15.5 Å². The van der Waals surface area contributed by atoms with Crippen LogP contribution in [0.4, 0.5) is 5.69 Å². The van der Waals surface area contributed by atoms with Crippen LogP contribution in [0.25, 0.3) is 0 Å². The molecule has 0 aliphatic heterocycles. The maximum absolute atomic E-state index is 4.21. The highest BCUT2D eigenvalue weighted by atomic mass is 127. The molecular weight excluding hydrogens is 375 g/mol. The van der Waals surface area contributed by atoms with E-state index in [2.05, 4.69) is 65.6 Å². The average Bonchev–Trinajstić information content (AvgIpc) is 2.46. The highest BCUT2D eigenvalue weighted by Crippen LogP contribution is 2.14. The maximum atomic E-state index is 4.21. The van der Waals surface area contributed by atoms with Crippen LogP contribution < -0.4 is 15.5 Å². The number of nitrogens with one attached hydrogen (secondary N) is 2. The molecule has 0 saturated carbocycles. The molecule has 0 radical (unpaired) electrons. The zero-order valence-corrected chi connectivity index (χ0v) is 16.0. The van der Waals surface area contributed by atoms with Crippen molar-refractivity contribution in [3.05, 3.63) is 29.8 Å². The number of hydrogen-bond acceptors (Lipinski definition) is 2. The summed E-state index contributed by atoms with van der Waals surface area (Å²) in [6.45, 7) is 10.3. The van der Waals surface area contributed by atoms with E-state index >= 15 is 0 Å². The first-order valence-electron chi connectivity index (χ1n) is 7.47. The summed E-state index contributed by atoms with van der Waals surface area (Å²) in [6.07, 6.45) is 1.10. The third-order valence-electron chi connectivity index (χ3n) is 3.19. The quantitative estimate of drug-likeness (QED) is 0.417. The lowest BCUT2D eigenvalue weighted by Gasteiger charge is -2.24. The van der Waals surface area contributed by atoms with Crippen LogP contribution in [0.5, 0.6) is 0 Å². The van der Waals surface area contributed by atoms with E-state index in [9.17, 15) is 0 Å². The first kappa shape index (κ1) is 20.0. The Morgan fingerprint density at radius 2 is 1.90 bits per heavy atom. The van der Waals surface area contributed by atoms with Crippen molar-refractivity contribution in [2.24, 2.45) is 4.99 Å². The van der Waals surface area contributed by atoms with E-state index in [0.717, 1.165) is 38.6 Å². The van der Waals surface area contributed by atoms with E-state index in [1.54, 1.807) is 0 Å². The minimum Gasteiger partial charge on any atom is -0.370 e. The Morgan fingerprint density at radius 3 is 2.48 bits per heavy atom. The first-order valence-corrected chi connectivity index (χ1v) is 7.47. The van der Waals surface area contributed by atoms with Gasteiger partial charge in [0.2, 0.25) is 0 Å². The van der Waals surface area contributed by atoms with Gasteiger partial charge in [-0.2, -0.15) is 0 Å². The number of halogens is 1. The second kappa shape index (κ2) is 11.7. The second-order valence-electron chi connectivity index (χ2n) is 4.84. The first-order chi connectivity index (χ1) is 9.71. The fraction of sp³-hybridized carbons (Fsp3) is 0.562. The van der Waals surface area contributed by atoms with Crippen LogP contribution in [0.1, 0.15) is 25.8 Å². The number of guanidine groups is 1. The average molecular weight is 404 g/mol. The van der Waals surface area contributed by atoms with Crippen molar-refractivity contribution in [3.8, 4) is 0 Å². The topological polar surface area (TPSA) is 39.7 Å². The third-order valence-corrected chi connectivity index (χ3v) is 3.19. The van der Waals surface area contributed by atoms with E-state index in [4.69, 9.17) is 0 Å². The summed E-state index contributed by atoms with van der Waals surface area (Å²) >= 11 is 0. The molecular formula is C16H29IN4. The number of benzene rings is 1. The lowest BCUT2D eigenvalue weighted by molar-refractivity contribution is 0.742. The van der Waals surface area contributed by atoms with Gasteiger partial charge in [0.25, 0.3) is 0 Å². The maximum Gasteiger partial charge on any atom is 0.191 e. The van der Waals surface area contributed by atoms with Crippen molar-refractivity contribution in [1.82, 2.24) is 10.6 Å². The van der Waals surface area contributed by atoms with Crippen LogP contribution in [0, 0.1) is 6.92 Å². The number of nitrogens with zero attached hydrogens (tertiary/aromatic N) is 2. The van der Waals surface area contributed by atoms with Crippen LogP contribution >= 0.6 is 24.0 Å². The van der Waals surface area contributed by atoms with Gasteiger partial charge in [-0.05, 0) is 38.0 Å². The number of aryl methyl sites for hydroxylation is 1. The van der Waals surface area contributed by atoms with Crippen molar-refractivity contribution < 1.29 is 0 Å². The molecule has 0 aliphatic carbocycles. The van der Waals surface area contributed by atoms with Crippen molar-refractivity contribution >= 4 is 35.6 Å². The molecule has 21 heavy (non-hydrogen) atoms. The van der Waals surface area contributed by atoms with Crippen LogP contribution in [0.3, 0.4) is 0 Å². The molecule has 1 aromatic rings. The molecule has 120 valence electrons. The highest BCUT2D eigenvalue weighted by Gasteiger charge is 2.04. The second-order valence-corrected chi connectivity index (χ2v) is 4.84. The fourth-order valence-corrected chi connectivity index (χ4v) is 2.07. The third kappa shape index (κ3) is 7.55. The molecule has 0 saturated heterocycles. The minimum atomic E-state index is 0. The van der Waals surface area contributed by atoms with Gasteiger partial charge in [0.1, 0.15) is 0 Å². The Bertz CT molecular complexity index is 420. The van der Waals surface area contributed by atoms with Crippen LogP contribution in [-0.2, 0) is 0 Å². The Balaban J connectivity index is 0.00000400. The Kier molecular flexibility index (Phi) is 11.1. The SMILES string of the molecule is CCCNC(=NC)NCCN(CC)c1cccc(C)c1.I. The summed E-state index contributed by atoms with van der Waals surface area (Å²) in [7, 11) is 1.81. The molecule has 1 aromatic carbocycles. The monoisotopic (exact) mass is 404 g/mol. The smallest absolute Gasteiger partial charge is 0.191 e. The molecule has 4 nitrogen and oxygen atoms in total. The van der Waals surface area contributed by atoms with Gasteiger partial charge in [-0.15, -0.1) is 24.0 Å². The standard InChI is InChI=1S/C16H28N4.HI/c1-5-10-18-16(17-4)19-11-12-20(6-2)15-9-7-8-14(3)13-15;/h7-9,13H,5-6,10-12H2,1-4H3,(H2,17,18,19);1H. The van der Waals surface area contributed by atoms with Gasteiger partial charge in [-0.1, -0.05) is 19.1 Å². The van der Waals surface area contributed by atoms with Crippen molar-refractivity contribution in [2.75, 3.05) is 38.1 Å². The summed E-state index contributed by atoms with van der Waals surface area (Å²) in [5, 5.41) is 6.63. The Hall–Kier alpha value is -0.980. The van der Waals surface area contributed by atoms with Gasteiger partial charge in [0.05, 0.1) is 0 Å². The van der Waals surface area contributed by atoms with Gasteiger partial charge in [0, 0.05) is 38.9 Å². The van der Waals surface area contributed by atoms with E-state index < -0.39 is 0 Å². The predicted molar refractivity (Wildman–Crippen MR) is 104 cm³/mol. The van der Waals surface area contributed by atoms with Gasteiger partial charge in [-0.25, -0.2) is 0 Å². The fourth-order valence-electron chi connectivity index (χ4n) is 2.07. The molecule has 0 unspecified atom stereocenters. The zero-order valence-electron chi connectivity index (χ0n) is 13.6. The zero-order chi connectivity index (χ0) is 14.8. The summed E-state index contributed by atoms with van der Waals surface area (Å²) in [5.41, 5.74) is 2.58. The van der Waals surface area contributed by atoms with E-state index in [0.29, 0.717) is 0 Å². The van der Waals surface area contributed by atoms with Crippen LogP contribution in [0.15, 0.2) is 29.3 Å². The van der Waals surface area contributed by atoms with E-state index in [-0.39, 0.29) is 24.0 Å². The summed E-state index contributed by atoms with van der Waals surface area (Å²) in [5.74, 6) is 0.882. The lowest BCUT2D eigenvalue weighted by atomic mass is 10.2.